The molecule has 5 rings (SSSR count). The Labute approximate surface area is 305 Å². The molecule has 12 heteroatoms. The molecule has 1 atom stereocenters. The van der Waals surface area contributed by atoms with E-state index in [1.165, 1.54) is 6.07 Å². The third-order valence-corrected chi connectivity index (χ3v) is 9.27. The maximum atomic E-state index is 15.1. The Bertz CT molecular complexity index is 1830. The predicted octanol–water partition coefficient (Wildman–Crippen LogP) is 7.12. The number of aryl methyl sites for hydroxylation is 2. The van der Waals surface area contributed by atoms with Gasteiger partial charge in [0.1, 0.15) is 11.6 Å². The van der Waals surface area contributed by atoms with E-state index in [0.717, 1.165) is 67.8 Å². The molecule has 3 aromatic carbocycles. The topological polar surface area (TPSA) is 121 Å². The number of likely N-dealkylation sites (N-methyl/N-ethyl adjacent to an activating group) is 1. The van der Waals surface area contributed by atoms with Crippen molar-refractivity contribution in [2.45, 2.75) is 59.4 Å². The number of rotatable bonds is 15. The monoisotopic (exact) mass is 711 g/mol. The summed E-state index contributed by atoms with van der Waals surface area (Å²) in [7, 11) is 2.13. The summed E-state index contributed by atoms with van der Waals surface area (Å²) in [4.78, 5) is 39.3. The maximum Gasteiger partial charge on any atom is 0.418 e. The van der Waals surface area contributed by atoms with Crippen LogP contribution in [0.2, 0.25) is 0 Å². The number of carbonyl (C=O) groups excluding carboxylic acids is 2. The molecule has 0 aliphatic carbocycles. The lowest BCUT2D eigenvalue weighted by Gasteiger charge is -2.32. The molecule has 1 aromatic heterocycles. The van der Waals surface area contributed by atoms with Gasteiger partial charge in [0, 0.05) is 68.6 Å². The number of benzene rings is 3. The average molecular weight is 712 g/mol. The first-order valence-electron chi connectivity index (χ1n) is 18.0. The summed E-state index contributed by atoms with van der Waals surface area (Å²) in [6.07, 6.45) is 1.76. The zero-order valence-corrected chi connectivity index (χ0v) is 30.8. The number of halogens is 1. The molecule has 0 spiro atoms. The zero-order chi connectivity index (χ0) is 37.0. The Kier molecular flexibility index (Phi) is 13.5. The van der Waals surface area contributed by atoms with Gasteiger partial charge in [-0.1, -0.05) is 37.3 Å². The first-order valence-corrected chi connectivity index (χ1v) is 18.0. The highest BCUT2D eigenvalue weighted by atomic mass is 19.1. The molecule has 1 fully saturated rings. The van der Waals surface area contributed by atoms with Gasteiger partial charge in [-0.3, -0.25) is 10.1 Å². The smallest absolute Gasteiger partial charge is 0.418 e. The molecule has 0 radical (unpaired) electrons. The SMILES string of the molecule is CCC(C)NC(=O)CCc1cccc(OC(=O)Nc2cc(-c3cccc(C)c3C)nc(Nc3ccc(OCCCN4CCN(C)CC4)c(F)c3)n2)c1. The van der Waals surface area contributed by atoms with Crippen LogP contribution in [0.1, 0.15) is 49.8 Å². The van der Waals surface area contributed by atoms with Gasteiger partial charge >= 0.3 is 6.09 Å². The summed E-state index contributed by atoms with van der Waals surface area (Å²) in [5, 5.41) is 8.77. The fourth-order valence-corrected chi connectivity index (χ4v) is 5.81. The lowest BCUT2D eigenvalue weighted by atomic mass is 10.0. The molecular weight excluding hydrogens is 661 g/mol. The van der Waals surface area contributed by atoms with Crippen molar-refractivity contribution >= 4 is 29.5 Å². The number of aromatic nitrogens is 2. The van der Waals surface area contributed by atoms with Crippen molar-refractivity contribution in [2.75, 3.05) is 57.0 Å². The normalized spacial score (nSPS) is 14.0. The van der Waals surface area contributed by atoms with Crippen molar-refractivity contribution in [1.82, 2.24) is 25.1 Å². The second-order valence-electron chi connectivity index (χ2n) is 13.4. The summed E-state index contributed by atoms with van der Waals surface area (Å²) in [5.74, 6) is 0.332. The molecule has 0 bridgehead atoms. The number of anilines is 3. The van der Waals surface area contributed by atoms with Gasteiger partial charge < -0.3 is 29.9 Å². The molecule has 52 heavy (non-hydrogen) atoms. The molecule has 1 unspecified atom stereocenters. The number of nitrogens with one attached hydrogen (secondary N) is 3. The van der Waals surface area contributed by atoms with Crippen molar-refractivity contribution in [3.05, 3.63) is 89.2 Å². The van der Waals surface area contributed by atoms with Crippen LogP contribution >= 0.6 is 0 Å². The predicted molar refractivity (Wildman–Crippen MR) is 203 cm³/mol. The maximum absolute atomic E-state index is 15.1. The van der Waals surface area contributed by atoms with Crippen LogP contribution in [0, 0.1) is 19.7 Å². The minimum absolute atomic E-state index is 0.0228. The molecule has 2 heterocycles. The van der Waals surface area contributed by atoms with Crippen molar-refractivity contribution in [3.8, 4) is 22.8 Å². The Morgan fingerprint density at radius 1 is 0.981 bits per heavy atom. The first kappa shape index (κ1) is 38.2. The molecular formula is C40H50FN7O4. The van der Waals surface area contributed by atoms with Gasteiger partial charge in [-0.05, 0) is 88.0 Å². The molecule has 276 valence electrons. The van der Waals surface area contributed by atoms with Gasteiger partial charge in [0.25, 0.3) is 0 Å². The minimum atomic E-state index is -0.747. The number of hydrogen-bond acceptors (Lipinski definition) is 9. The van der Waals surface area contributed by atoms with Gasteiger partial charge in [-0.15, -0.1) is 0 Å². The van der Waals surface area contributed by atoms with Crippen LogP contribution < -0.4 is 25.4 Å². The van der Waals surface area contributed by atoms with Gasteiger partial charge in [-0.25, -0.2) is 14.2 Å². The third kappa shape index (κ3) is 11.2. The van der Waals surface area contributed by atoms with E-state index in [1.807, 2.05) is 52.0 Å². The number of amides is 2. The summed E-state index contributed by atoms with van der Waals surface area (Å²) in [5.41, 5.74) is 4.81. The van der Waals surface area contributed by atoms with Crippen LogP contribution in [-0.4, -0.2) is 84.2 Å². The van der Waals surface area contributed by atoms with Crippen molar-refractivity contribution < 1.29 is 23.5 Å². The second kappa shape index (κ2) is 18.4. The Balaban J connectivity index is 1.25. The minimum Gasteiger partial charge on any atom is -0.490 e. The van der Waals surface area contributed by atoms with E-state index in [9.17, 15) is 9.59 Å². The van der Waals surface area contributed by atoms with Crippen LogP contribution in [0.5, 0.6) is 11.5 Å². The quantitative estimate of drug-likeness (QED) is 0.111. The second-order valence-corrected chi connectivity index (χ2v) is 13.4. The molecule has 1 aliphatic heterocycles. The Morgan fingerprint density at radius 3 is 2.54 bits per heavy atom. The summed E-state index contributed by atoms with van der Waals surface area (Å²) >= 11 is 0. The summed E-state index contributed by atoms with van der Waals surface area (Å²) in [6.45, 7) is 13.5. The van der Waals surface area contributed by atoms with E-state index in [0.29, 0.717) is 36.6 Å². The molecule has 0 saturated carbocycles. The van der Waals surface area contributed by atoms with Crippen molar-refractivity contribution in [3.63, 3.8) is 0 Å². The highest BCUT2D eigenvalue weighted by Gasteiger charge is 2.16. The fraction of sp³-hybridized carbons (Fsp3) is 0.400. The summed E-state index contributed by atoms with van der Waals surface area (Å²) < 4.78 is 26.5. The number of nitrogens with zero attached hydrogens (tertiary/aromatic N) is 4. The molecule has 2 amide bonds. The Hall–Kier alpha value is -5.07. The molecule has 11 nitrogen and oxygen atoms in total. The number of hydrogen-bond donors (Lipinski definition) is 3. The number of piperazine rings is 1. The largest absolute Gasteiger partial charge is 0.490 e. The van der Waals surface area contributed by atoms with Crippen LogP contribution in [0.25, 0.3) is 11.3 Å². The van der Waals surface area contributed by atoms with Crippen LogP contribution in [-0.2, 0) is 11.2 Å². The van der Waals surface area contributed by atoms with Crippen molar-refractivity contribution in [1.29, 1.82) is 0 Å². The van der Waals surface area contributed by atoms with Gasteiger partial charge in [0.05, 0.1) is 12.3 Å². The van der Waals surface area contributed by atoms with Gasteiger partial charge in [0.2, 0.25) is 11.9 Å². The molecule has 4 aromatic rings. The van der Waals surface area contributed by atoms with E-state index in [-0.39, 0.29) is 29.5 Å². The molecule has 3 N–H and O–H groups in total. The van der Waals surface area contributed by atoms with Crippen LogP contribution in [0.15, 0.2) is 66.7 Å². The third-order valence-electron chi connectivity index (χ3n) is 9.27. The number of ether oxygens (including phenoxy) is 2. The zero-order valence-electron chi connectivity index (χ0n) is 30.8. The highest BCUT2D eigenvalue weighted by Crippen LogP contribution is 2.29. The van der Waals surface area contributed by atoms with Crippen molar-refractivity contribution in [2.24, 2.45) is 0 Å². The van der Waals surface area contributed by atoms with Gasteiger partial charge in [0.15, 0.2) is 11.6 Å². The lowest BCUT2D eigenvalue weighted by molar-refractivity contribution is -0.121. The fourth-order valence-electron chi connectivity index (χ4n) is 5.81. The standard InChI is InChI=1S/C40H50FN7O4/c1-6-28(3)42-38(49)17-14-30-11-8-12-32(24-30)52-40(50)46-37-26-35(33-13-7-10-27(2)29(33)4)44-39(45-37)43-31-15-16-36(34(41)25-31)51-23-9-18-48-21-19-47(5)20-22-48/h7-8,10-13,15-16,24-26,28H,6,9,14,17-23H2,1-5H3,(H,42,49)(H2,43,44,45,46,50). The van der Waals surface area contributed by atoms with Crippen LogP contribution in [0.3, 0.4) is 0 Å². The first-order chi connectivity index (χ1) is 25.1. The Morgan fingerprint density at radius 2 is 1.77 bits per heavy atom. The highest BCUT2D eigenvalue weighted by molar-refractivity contribution is 5.86. The van der Waals surface area contributed by atoms with E-state index in [1.54, 1.807) is 36.4 Å². The summed E-state index contributed by atoms with van der Waals surface area (Å²) in [6, 6.07) is 19.4. The van der Waals surface area contributed by atoms with Gasteiger partial charge in [-0.2, -0.15) is 4.98 Å². The molecule has 1 saturated heterocycles. The van der Waals surface area contributed by atoms with Crippen LogP contribution in [0.4, 0.5) is 26.6 Å². The molecule has 1 aliphatic rings. The average Bonchev–Trinajstić information content (AvgIpc) is 3.12. The van der Waals surface area contributed by atoms with E-state index >= 15 is 4.39 Å². The van der Waals surface area contributed by atoms with E-state index in [2.05, 4.69) is 37.8 Å². The number of carbonyl (C=O) groups is 2. The lowest BCUT2D eigenvalue weighted by Crippen LogP contribution is -2.44. The van der Waals surface area contributed by atoms with E-state index in [4.69, 9.17) is 14.5 Å². The van der Waals surface area contributed by atoms with E-state index < -0.39 is 11.9 Å².